The van der Waals surface area contributed by atoms with Gasteiger partial charge in [-0.3, -0.25) is 0 Å². The van der Waals surface area contributed by atoms with Crippen LogP contribution in [0.1, 0.15) is 128 Å². The molecular weight excluding hydrogens is 684 g/mol. The normalized spacial score (nSPS) is 17.4. The molecule has 282 valence electrons. The van der Waals surface area contributed by atoms with Gasteiger partial charge in [-0.05, 0) is 0 Å². The van der Waals surface area contributed by atoms with Crippen molar-refractivity contribution in [3.05, 3.63) is 160 Å². The average molecular weight is 741 g/mol. The summed E-state index contributed by atoms with van der Waals surface area (Å²) in [5.41, 5.74) is 7.82. The fraction of sp³-hybridized carbons (Fsp3) is 0.347. The second kappa shape index (κ2) is 12.8. The number of hydrogen-bond donors (Lipinski definition) is 0. The van der Waals surface area contributed by atoms with Crippen LogP contribution in [-0.4, -0.2) is 0 Å². The molecule has 0 aliphatic carbocycles. The van der Waals surface area contributed by atoms with E-state index in [1.54, 1.807) is 0 Å². The molecule has 2 heterocycles. The van der Waals surface area contributed by atoms with Gasteiger partial charge in [-0.25, -0.2) is 0 Å². The summed E-state index contributed by atoms with van der Waals surface area (Å²) in [5, 5.41) is 0.709. The van der Waals surface area contributed by atoms with E-state index in [0.29, 0.717) is 23.2 Å². The van der Waals surface area contributed by atoms with Crippen LogP contribution in [0.15, 0.2) is 115 Å². The van der Waals surface area contributed by atoms with Crippen LogP contribution in [0.25, 0.3) is 11.5 Å². The Hall–Kier alpha value is -4.53. The molecule has 7 rings (SSSR count). The zero-order valence-corrected chi connectivity index (χ0v) is 35.2. The molecule has 0 saturated heterocycles. The molecule has 4 nitrogen and oxygen atoms in total. The van der Waals surface area contributed by atoms with Gasteiger partial charge in [0.2, 0.25) is 0 Å². The molecule has 5 heteroatoms. The van der Waals surface area contributed by atoms with Crippen LogP contribution in [0.2, 0.25) is 0 Å². The number of fused-ring (bicyclic) bond motifs is 2. The molecule has 0 radical (unpaired) electrons. The van der Waals surface area contributed by atoms with Crippen molar-refractivity contribution in [3.8, 4) is 11.5 Å². The van der Waals surface area contributed by atoms with E-state index in [0.717, 1.165) is 44.9 Å². The Balaban J connectivity index is 1.67. The van der Waals surface area contributed by atoms with Crippen molar-refractivity contribution in [2.45, 2.75) is 111 Å². The first kappa shape index (κ1) is 37.8. The van der Waals surface area contributed by atoms with Gasteiger partial charge in [0.05, 0.1) is 0 Å². The van der Waals surface area contributed by atoms with E-state index in [1.807, 2.05) is 66.7 Å². The molecule has 0 N–H and O–H groups in total. The maximum atomic E-state index is 7.83. The second-order valence-corrected chi connectivity index (χ2v) is 22.0. The average Bonchev–Trinajstić information content (AvgIpc) is 3.45. The third-order valence-corrected chi connectivity index (χ3v) is 13.6. The van der Waals surface area contributed by atoms with Crippen LogP contribution in [0.3, 0.4) is 0 Å². The fourth-order valence-corrected chi connectivity index (χ4v) is 10.7. The molecule has 0 unspecified atom stereocenters. The molecule has 54 heavy (non-hydrogen) atoms. The molecule has 0 fully saturated rings. The summed E-state index contributed by atoms with van der Waals surface area (Å²) in [7, 11) is -4.99. The van der Waals surface area contributed by atoms with Crippen LogP contribution in [-0.2, 0) is 37.1 Å². The fourth-order valence-electron chi connectivity index (χ4n) is 7.29. The summed E-state index contributed by atoms with van der Waals surface area (Å²) < 4.78 is 30.9. The number of rotatable bonds is 3. The van der Waals surface area contributed by atoms with Crippen molar-refractivity contribution >= 4 is 24.3 Å². The molecule has 2 aliphatic heterocycles. The Morgan fingerprint density at radius 1 is 0.407 bits per heavy atom. The van der Waals surface area contributed by atoms with E-state index >= 15 is 0 Å². The Labute approximate surface area is 323 Å². The number of hydrogen-bond acceptors (Lipinski definition) is 4. The van der Waals surface area contributed by atoms with Gasteiger partial charge >= 0.3 is 325 Å². The van der Waals surface area contributed by atoms with Gasteiger partial charge in [0.15, 0.2) is 0 Å². The van der Waals surface area contributed by atoms with Gasteiger partial charge in [-0.1, -0.05) is 0 Å². The first-order chi connectivity index (χ1) is 25.2. The SMILES string of the molecule is CC(C)(C)c1cc2c(c(C(C)(C)C)c1)OP1(c3ccccc3)(OC(c3ccccc3)=C(c3ccccc3)O1)Oc1c(cc(C(C)(C)C)cc1C(C)(C)C)C2. The molecule has 2 aliphatic rings. The van der Waals surface area contributed by atoms with Crippen molar-refractivity contribution in [1.29, 1.82) is 0 Å². The van der Waals surface area contributed by atoms with Crippen molar-refractivity contribution in [3.63, 3.8) is 0 Å². The summed E-state index contributed by atoms with van der Waals surface area (Å²) in [4.78, 5) is 0. The first-order valence-corrected chi connectivity index (χ1v) is 21.2. The van der Waals surface area contributed by atoms with Crippen molar-refractivity contribution in [2.24, 2.45) is 0 Å². The van der Waals surface area contributed by atoms with Crippen LogP contribution >= 0.6 is 7.51 Å². The summed E-state index contributed by atoms with van der Waals surface area (Å²) in [5.74, 6) is 2.67. The molecule has 0 amide bonds. The van der Waals surface area contributed by atoms with Gasteiger partial charge in [0.25, 0.3) is 0 Å². The van der Waals surface area contributed by atoms with Gasteiger partial charge in [-0.15, -0.1) is 0 Å². The van der Waals surface area contributed by atoms with Gasteiger partial charge < -0.3 is 0 Å². The molecule has 0 saturated carbocycles. The number of benzene rings is 5. The predicted octanol–water partition coefficient (Wildman–Crippen LogP) is 13.4. The van der Waals surface area contributed by atoms with E-state index in [-0.39, 0.29) is 21.7 Å². The minimum absolute atomic E-state index is 0.102. The molecule has 0 atom stereocenters. The van der Waals surface area contributed by atoms with Crippen molar-refractivity contribution < 1.29 is 18.1 Å². The Bertz CT molecular complexity index is 2090. The van der Waals surface area contributed by atoms with Crippen LogP contribution in [0.4, 0.5) is 0 Å². The molecule has 0 bridgehead atoms. The van der Waals surface area contributed by atoms with E-state index in [4.69, 9.17) is 18.1 Å². The Morgan fingerprint density at radius 3 is 1.09 bits per heavy atom. The summed E-state index contributed by atoms with van der Waals surface area (Å²) in [6.45, 7) is 27.2. The van der Waals surface area contributed by atoms with E-state index < -0.39 is 7.51 Å². The van der Waals surface area contributed by atoms with Crippen LogP contribution in [0, 0.1) is 0 Å². The predicted molar refractivity (Wildman–Crippen MR) is 227 cm³/mol. The maximum absolute atomic E-state index is 7.83. The van der Waals surface area contributed by atoms with E-state index in [2.05, 4.69) is 132 Å². The molecule has 1 spiro atoms. The summed E-state index contributed by atoms with van der Waals surface area (Å²) in [6.07, 6.45) is 0.621. The third-order valence-electron chi connectivity index (χ3n) is 10.5. The third kappa shape index (κ3) is 6.72. The molecule has 5 aromatic carbocycles. The van der Waals surface area contributed by atoms with Crippen molar-refractivity contribution in [1.82, 2.24) is 0 Å². The Kier molecular flexibility index (Phi) is 8.93. The zero-order valence-electron chi connectivity index (χ0n) is 34.3. The van der Waals surface area contributed by atoms with E-state index in [1.165, 1.54) is 11.1 Å². The van der Waals surface area contributed by atoms with Gasteiger partial charge in [-0.2, -0.15) is 0 Å². The first-order valence-electron chi connectivity index (χ1n) is 19.3. The van der Waals surface area contributed by atoms with Crippen LogP contribution in [0.5, 0.6) is 11.5 Å². The molecule has 0 aromatic heterocycles. The molecule has 5 aromatic rings. The van der Waals surface area contributed by atoms with Gasteiger partial charge in [0, 0.05) is 0 Å². The minimum atomic E-state index is -4.99. The topological polar surface area (TPSA) is 36.9 Å². The summed E-state index contributed by atoms with van der Waals surface area (Å²) in [6, 6.07) is 39.8. The second-order valence-electron chi connectivity index (χ2n) is 19.1. The van der Waals surface area contributed by atoms with Crippen LogP contribution < -0.4 is 14.4 Å². The Morgan fingerprint density at radius 2 is 0.759 bits per heavy atom. The zero-order chi connectivity index (χ0) is 38.9. The van der Waals surface area contributed by atoms with Gasteiger partial charge in [0.1, 0.15) is 0 Å². The quantitative estimate of drug-likeness (QED) is 0.173. The monoisotopic (exact) mass is 740 g/mol. The standard InChI is InChI=1S/C49H57O4P/c1-46(2,3)37-29-35-28-36-30-38(47(4,5)6)32-41(49(10,11)12)43(36)51-54(39-26-20-15-21-27-39,50-42(35)40(31-37)48(7,8)9)52-44(33-22-16-13-17-23-33)45(53-54)34-24-18-14-19-25-34/h13-27,29-32H,28H2,1-12H3. The molecular formula is C49H57O4P. The summed E-state index contributed by atoms with van der Waals surface area (Å²) >= 11 is 0. The van der Waals surface area contributed by atoms with Crippen molar-refractivity contribution in [2.75, 3.05) is 0 Å². The van der Waals surface area contributed by atoms with E-state index in [9.17, 15) is 0 Å².